The summed E-state index contributed by atoms with van der Waals surface area (Å²) in [7, 11) is 0. The summed E-state index contributed by atoms with van der Waals surface area (Å²) in [5.41, 5.74) is 0.112. The smallest absolute Gasteiger partial charge is 0.257 e. The Morgan fingerprint density at radius 1 is 1.45 bits per heavy atom. The molecule has 0 saturated carbocycles. The molecule has 20 heavy (non-hydrogen) atoms. The van der Waals surface area contributed by atoms with Crippen LogP contribution in [0.3, 0.4) is 0 Å². The molecule has 1 unspecified atom stereocenters. The van der Waals surface area contributed by atoms with Crippen LogP contribution in [0.25, 0.3) is 0 Å². The van der Waals surface area contributed by atoms with Gasteiger partial charge in [-0.1, -0.05) is 0 Å². The van der Waals surface area contributed by atoms with Gasteiger partial charge in [-0.3, -0.25) is 9.59 Å². The Hall–Kier alpha value is -1.78. The van der Waals surface area contributed by atoms with Crippen LogP contribution in [-0.4, -0.2) is 36.3 Å². The van der Waals surface area contributed by atoms with Crippen molar-refractivity contribution in [2.75, 3.05) is 19.6 Å². The SMILES string of the molecule is CCNC(=O)C1(C)CCN(C(=O)c2cc(C)oc2C)C1. The summed E-state index contributed by atoms with van der Waals surface area (Å²) in [4.78, 5) is 26.3. The fourth-order valence-electron chi connectivity index (χ4n) is 2.71. The van der Waals surface area contributed by atoms with Gasteiger partial charge >= 0.3 is 0 Å². The minimum absolute atomic E-state index is 0.0235. The monoisotopic (exact) mass is 278 g/mol. The van der Waals surface area contributed by atoms with E-state index in [2.05, 4.69) is 5.32 Å². The van der Waals surface area contributed by atoms with Crippen molar-refractivity contribution in [3.63, 3.8) is 0 Å². The molecule has 110 valence electrons. The van der Waals surface area contributed by atoms with Crippen molar-refractivity contribution in [1.29, 1.82) is 0 Å². The average molecular weight is 278 g/mol. The summed E-state index contributed by atoms with van der Waals surface area (Å²) < 4.78 is 5.41. The number of rotatable bonds is 3. The van der Waals surface area contributed by atoms with E-state index in [1.165, 1.54) is 0 Å². The minimum Gasteiger partial charge on any atom is -0.466 e. The standard InChI is InChI=1S/C15H22N2O3/c1-5-16-14(19)15(4)6-7-17(9-15)13(18)12-8-10(2)20-11(12)3/h8H,5-7,9H2,1-4H3,(H,16,19). The third kappa shape index (κ3) is 2.57. The molecule has 5 nitrogen and oxygen atoms in total. The first kappa shape index (κ1) is 14.6. The maximum Gasteiger partial charge on any atom is 0.257 e. The third-order valence-corrected chi connectivity index (χ3v) is 3.92. The molecule has 1 atom stereocenters. The highest BCUT2D eigenvalue weighted by Crippen LogP contribution is 2.31. The van der Waals surface area contributed by atoms with E-state index in [4.69, 9.17) is 4.42 Å². The van der Waals surface area contributed by atoms with Crippen molar-refractivity contribution in [2.24, 2.45) is 5.41 Å². The van der Waals surface area contributed by atoms with E-state index in [-0.39, 0.29) is 11.8 Å². The van der Waals surface area contributed by atoms with Crippen molar-refractivity contribution >= 4 is 11.8 Å². The topological polar surface area (TPSA) is 62.6 Å². The molecule has 0 aliphatic carbocycles. The lowest BCUT2D eigenvalue weighted by molar-refractivity contribution is -0.129. The lowest BCUT2D eigenvalue weighted by Crippen LogP contribution is -2.41. The number of amides is 2. The Labute approximate surface area is 119 Å². The normalized spacial score (nSPS) is 22.1. The molecule has 5 heteroatoms. The maximum absolute atomic E-state index is 12.5. The summed E-state index contributed by atoms with van der Waals surface area (Å²) in [6.07, 6.45) is 0.695. The van der Waals surface area contributed by atoms with Gasteiger partial charge in [-0.25, -0.2) is 0 Å². The molecule has 1 aliphatic heterocycles. The van der Waals surface area contributed by atoms with Gasteiger partial charge in [0.15, 0.2) is 0 Å². The van der Waals surface area contributed by atoms with Gasteiger partial charge < -0.3 is 14.6 Å². The first-order chi connectivity index (χ1) is 9.37. The van der Waals surface area contributed by atoms with E-state index < -0.39 is 5.41 Å². The average Bonchev–Trinajstić information content (AvgIpc) is 2.93. The zero-order valence-corrected chi connectivity index (χ0v) is 12.6. The van der Waals surface area contributed by atoms with E-state index in [0.717, 1.165) is 5.76 Å². The van der Waals surface area contributed by atoms with Gasteiger partial charge in [0, 0.05) is 19.6 Å². The molecule has 0 spiro atoms. The van der Waals surface area contributed by atoms with Crippen LogP contribution in [0.5, 0.6) is 0 Å². The number of hydrogen-bond donors (Lipinski definition) is 1. The molecule has 0 radical (unpaired) electrons. The Morgan fingerprint density at radius 2 is 2.15 bits per heavy atom. The van der Waals surface area contributed by atoms with Gasteiger partial charge in [-0.05, 0) is 40.2 Å². The number of likely N-dealkylation sites (tertiary alicyclic amines) is 1. The van der Waals surface area contributed by atoms with Crippen LogP contribution in [0.1, 0.15) is 42.1 Å². The molecule has 0 aromatic carbocycles. The first-order valence-electron chi connectivity index (χ1n) is 7.02. The first-order valence-corrected chi connectivity index (χ1v) is 7.02. The van der Waals surface area contributed by atoms with Crippen LogP contribution in [0.15, 0.2) is 10.5 Å². The van der Waals surface area contributed by atoms with Gasteiger partial charge in [-0.15, -0.1) is 0 Å². The van der Waals surface area contributed by atoms with Crippen molar-refractivity contribution in [3.05, 3.63) is 23.2 Å². The lowest BCUT2D eigenvalue weighted by atomic mass is 9.89. The highest BCUT2D eigenvalue weighted by Gasteiger charge is 2.42. The van der Waals surface area contributed by atoms with Gasteiger partial charge in [-0.2, -0.15) is 0 Å². The number of aryl methyl sites for hydroxylation is 2. The second-order valence-corrected chi connectivity index (χ2v) is 5.72. The second-order valence-electron chi connectivity index (χ2n) is 5.72. The molecular formula is C15H22N2O3. The van der Waals surface area contributed by atoms with Crippen LogP contribution < -0.4 is 5.32 Å². The molecular weight excluding hydrogens is 256 g/mol. The van der Waals surface area contributed by atoms with Gasteiger partial charge in [0.2, 0.25) is 5.91 Å². The van der Waals surface area contributed by atoms with Gasteiger partial charge in [0.25, 0.3) is 5.91 Å². The van der Waals surface area contributed by atoms with Crippen LogP contribution in [0.2, 0.25) is 0 Å². The summed E-state index contributed by atoms with van der Waals surface area (Å²) in [5, 5.41) is 2.85. The summed E-state index contributed by atoms with van der Waals surface area (Å²) in [5.74, 6) is 1.35. The molecule has 2 heterocycles. The van der Waals surface area contributed by atoms with E-state index >= 15 is 0 Å². The van der Waals surface area contributed by atoms with E-state index in [1.807, 2.05) is 20.8 Å². The molecule has 1 aromatic heterocycles. The number of nitrogens with one attached hydrogen (secondary N) is 1. The Morgan fingerprint density at radius 3 is 2.70 bits per heavy atom. The Balaban J connectivity index is 2.11. The number of furan rings is 1. The van der Waals surface area contributed by atoms with Crippen molar-refractivity contribution < 1.29 is 14.0 Å². The molecule has 1 N–H and O–H groups in total. The molecule has 1 fully saturated rings. The predicted octanol–water partition coefficient (Wildman–Crippen LogP) is 1.88. The zero-order valence-electron chi connectivity index (χ0n) is 12.6. The molecule has 2 amide bonds. The maximum atomic E-state index is 12.5. The Kier molecular flexibility index (Phi) is 3.88. The zero-order chi connectivity index (χ0) is 14.9. The van der Waals surface area contributed by atoms with Crippen LogP contribution >= 0.6 is 0 Å². The largest absolute Gasteiger partial charge is 0.466 e. The second kappa shape index (κ2) is 5.31. The molecule has 2 rings (SSSR count). The summed E-state index contributed by atoms with van der Waals surface area (Å²) >= 11 is 0. The minimum atomic E-state index is -0.488. The number of carbonyl (C=O) groups excluding carboxylic acids is 2. The van der Waals surface area contributed by atoms with E-state index in [9.17, 15) is 9.59 Å². The van der Waals surface area contributed by atoms with Crippen molar-refractivity contribution in [3.8, 4) is 0 Å². The number of hydrogen-bond acceptors (Lipinski definition) is 3. The van der Waals surface area contributed by atoms with Gasteiger partial charge in [0.05, 0.1) is 11.0 Å². The van der Waals surface area contributed by atoms with Crippen LogP contribution in [-0.2, 0) is 4.79 Å². The molecule has 0 bridgehead atoms. The van der Waals surface area contributed by atoms with Crippen LogP contribution in [0.4, 0.5) is 0 Å². The van der Waals surface area contributed by atoms with E-state index in [0.29, 0.717) is 37.4 Å². The van der Waals surface area contributed by atoms with Crippen LogP contribution in [0, 0.1) is 19.3 Å². The number of carbonyl (C=O) groups is 2. The highest BCUT2D eigenvalue weighted by atomic mass is 16.3. The van der Waals surface area contributed by atoms with Gasteiger partial charge in [0.1, 0.15) is 11.5 Å². The fourth-order valence-corrected chi connectivity index (χ4v) is 2.71. The highest BCUT2D eigenvalue weighted by molar-refractivity contribution is 5.96. The fraction of sp³-hybridized carbons (Fsp3) is 0.600. The number of nitrogens with zero attached hydrogens (tertiary/aromatic N) is 1. The van der Waals surface area contributed by atoms with E-state index in [1.54, 1.807) is 17.9 Å². The summed E-state index contributed by atoms with van der Waals surface area (Å²) in [6.45, 7) is 9.11. The molecule has 1 saturated heterocycles. The predicted molar refractivity (Wildman–Crippen MR) is 75.5 cm³/mol. The summed E-state index contributed by atoms with van der Waals surface area (Å²) in [6, 6.07) is 1.76. The third-order valence-electron chi connectivity index (χ3n) is 3.92. The quantitative estimate of drug-likeness (QED) is 0.918. The van der Waals surface area contributed by atoms with Crippen molar-refractivity contribution in [2.45, 2.75) is 34.1 Å². The molecule has 1 aromatic rings. The molecule has 1 aliphatic rings. The van der Waals surface area contributed by atoms with Crippen molar-refractivity contribution in [1.82, 2.24) is 10.2 Å². The lowest BCUT2D eigenvalue weighted by Gasteiger charge is -2.23. The Bertz CT molecular complexity index is 535.